The molecule has 0 fully saturated rings. The van der Waals surface area contributed by atoms with E-state index in [0.717, 1.165) is 11.3 Å². The number of rotatable bonds is 3. The van der Waals surface area contributed by atoms with Gasteiger partial charge in [0.05, 0.1) is 0 Å². The molecule has 0 unspecified atom stereocenters. The first-order chi connectivity index (χ1) is 7.50. The standard InChI is InChI=1S/C13H18FN2/c1-15(2)10-9-13(16(3)4)11-5-7-12(14)8-6-11/h5-10H,1-4H3/q+1. The summed E-state index contributed by atoms with van der Waals surface area (Å²) in [6, 6.07) is 6.51. The van der Waals surface area contributed by atoms with E-state index in [1.165, 1.54) is 12.1 Å². The lowest BCUT2D eigenvalue weighted by Gasteiger charge is -2.16. The Morgan fingerprint density at radius 2 is 1.75 bits per heavy atom. The summed E-state index contributed by atoms with van der Waals surface area (Å²) in [5.41, 5.74) is 2.05. The molecule has 0 saturated heterocycles. The van der Waals surface area contributed by atoms with Crippen LogP contribution >= 0.6 is 0 Å². The Kier molecular flexibility index (Phi) is 4.23. The molecule has 3 heteroatoms. The average Bonchev–Trinajstić information content (AvgIpc) is 2.20. The van der Waals surface area contributed by atoms with Gasteiger partial charge in [0.1, 0.15) is 19.9 Å². The molecule has 1 aromatic carbocycles. The van der Waals surface area contributed by atoms with Crippen LogP contribution in [0.4, 0.5) is 4.39 Å². The van der Waals surface area contributed by atoms with Gasteiger partial charge < -0.3 is 4.90 Å². The normalized spacial score (nSPS) is 11.2. The molecule has 0 amide bonds. The summed E-state index contributed by atoms with van der Waals surface area (Å²) in [5, 5.41) is 0. The fourth-order valence-corrected chi connectivity index (χ4v) is 1.34. The van der Waals surface area contributed by atoms with Crippen LogP contribution in [0.2, 0.25) is 0 Å². The molecule has 86 valence electrons. The van der Waals surface area contributed by atoms with Crippen LogP contribution in [0.1, 0.15) is 5.56 Å². The first kappa shape index (κ1) is 12.4. The Hall–Kier alpha value is -1.64. The van der Waals surface area contributed by atoms with Crippen molar-refractivity contribution in [2.24, 2.45) is 0 Å². The van der Waals surface area contributed by atoms with E-state index in [1.807, 2.05) is 50.0 Å². The van der Waals surface area contributed by atoms with E-state index >= 15 is 0 Å². The highest BCUT2D eigenvalue weighted by Gasteiger charge is 2.03. The van der Waals surface area contributed by atoms with E-state index in [2.05, 4.69) is 0 Å². The van der Waals surface area contributed by atoms with Crippen molar-refractivity contribution in [3.05, 3.63) is 41.7 Å². The van der Waals surface area contributed by atoms with E-state index < -0.39 is 0 Å². The Balaban J connectivity index is 3.08. The smallest absolute Gasteiger partial charge is 0.164 e. The molecule has 1 aromatic rings. The lowest BCUT2D eigenvalue weighted by molar-refractivity contribution is -0.458. The Bertz CT molecular complexity index is 398. The summed E-state index contributed by atoms with van der Waals surface area (Å²) in [4.78, 5) is 2.01. The van der Waals surface area contributed by atoms with Gasteiger partial charge in [-0.05, 0) is 29.8 Å². The molecule has 1 rings (SSSR count). The highest BCUT2D eigenvalue weighted by molar-refractivity contribution is 5.81. The van der Waals surface area contributed by atoms with Crippen LogP contribution in [0.3, 0.4) is 0 Å². The predicted octanol–water partition coefficient (Wildman–Crippen LogP) is 2.07. The zero-order valence-corrected chi connectivity index (χ0v) is 10.2. The maximum Gasteiger partial charge on any atom is 0.164 e. The molecule has 2 nitrogen and oxygen atoms in total. The van der Waals surface area contributed by atoms with Crippen LogP contribution < -0.4 is 0 Å². The third kappa shape index (κ3) is 3.50. The summed E-state index contributed by atoms with van der Waals surface area (Å²) >= 11 is 0. The molecule has 0 spiro atoms. The molecule has 0 aliphatic carbocycles. The lowest BCUT2D eigenvalue weighted by atomic mass is 10.1. The minimum atomic E-state index is -0.210. The minimum absolute atomic E-state index is 0.210. The van der Waals surface area contributed by atoms with E-state index in [-0.39, 0.29) is 5.82 Å². The van der Waals surface area contributed by atoms with Crippen LogP contribution in [0.5, 0.6) is 0 Å². The second-order valence-corrected chi connectivity index (χ2v) is 4.07. The molecule has 16 heavy (non-hydrogen) atoms. The van der Waals surface area contributed by atoms with Crippen molar-refractivity contribution in [3.63, 3.8) is 0 Å². The number of benzene rings is 1. The predicted molar refractivity (Wildman–Crippen MR) is 66.2 cm³/mol. The van der Waals surface area contributed by atoms with Crippen molar-refractivity contribution >= 4 is 11.9 Å². The number of allylic oxidation sites excluding steroid dienone is 1. The molecule has 0 atom stereocenters. The van der Waals surface area contributed by atoms with E-state index in [0.29, 0.717) is 0 Å². The lowest BCUT2D eigenvalue weighted by Crippen LogP contribution is -2.11. The largest absolute Gasteiger partial charge is 0.377 e. The quantitative estimate of drug-likeness (QED) is 0.559. The van der Waals surface area contributed by atoms with Gasteiger partial charge in [0, 0.05) is 25.9 Å². The molecule has 0 bridgehead atoms. The molecule has 0 radical (unpaired) electrons. The van der Waals surface area contributed by atoms with Crippen LogP contribution in [0, 0.1) is 5.82 Å². The van der Waals surface area contributed by atoms with Gasteiger partial charge in [-0.15, -0.1) is 0 Å². The van der Waals surface area contributed by atoms with Gasteiger partial charge in [0.25, 0.3) is 0 Å². The second kappa shape index (κ2) is 5.45. The van der Waals surface area contributed by atoms with Gasteiger partial charge in [-0.2, -0.15) is 0 Å². The average molecular weight is 221 g/mol. The molecular formula is C13H18FN2+. The van der Waals surface area contributed by atoms with Gasteiger partial charge in [-0.25, -0.2) is 8.97 Å². The van der Waals surface area contributed by atoms with E-state index in [9.17, 15) is 4.39 Å². The van der Waals surface area contributed by atoms with Gasteiger partial charge in [0.2, 0.25) is 0 Å². The van der Waals surface area contributed by atoms with Gasteiger partial charge in [-0.3, -0.25) is 0 Å². The van der Waals surface area contributed by atoms with Crippen molar-refractivity contribution < 1.29 is 8.97 Å². The fraction of sp³-hybridized carbons (Fsp3) is 0.308. The number of hydrogen-bond donors (Lipinski definition) is 0. The fourth-order valence-electron chi connectivity index (χ4n) is 1.34. The SMILES string of the molecule is CN(C)/C(=C/C=[N+](C)C)c1ccc(F)cc1. The summed E-state index contributed by atoms with van der Waals surface area (Å²) < 4.78 is 14.8. The van der Waals surface area contributed by atoms with Gasteiger partial charge in [0.15, 0.2) is 6.21 Å². The van der Waals surface area contributed by atoms with Gasteiger partial charge >= 0.3 is 0 Å². The minimum Gasteiger partial charge on any atom is -0.377 e. The summed E-state index contributed by atoms with van der Waals surface area (Å²) in [6.45, 7) is 0. The number of hydrogen-bond acceptors (Lipinski definition) is 1. The highest BCUT2D eigenvalue weighted by atomic mass is 19.1. The zero-order valence-electron chi connectivity index (χ0n) is 10.2. The van der Waals surface area contributed by atoms with Crippen LogP contribution in [-0.4, -0.2) is 43.9 Å². The van der Waals surface area contributed by atoms with Gasteiger partial charge in [-0.1, -0.05) is 0 Å². The molecule has 0 N–H and O–H groups in total. The Morgan fingerprint density at radius 3 is 2.19 bits per heavy atom. The summed E-state index contributed by atoms with van der Waals surface area (Å²) in [6.07, 6.45) is 3.98. The Labute approximate surface area is 96.3 Å². The monoisotopic (exact) mass is 221 g/mol. The molecule has 0 saturated carbocycles. The molecule has 0 aliphatic rings. The van der Waals surface area contributed by atoms with Crippen LogP contribution in [0.25, 0.3) is 5.70 Å². The summed E-state index contributed by atoms with van der Waals surface area (Å²) in [7, 11) is 7.88. The molecule has 0 aliphatic heterocycles. The topological polar surface area (TPSA) is 6.25 Å². The summed E-state index contributed by atoms with van der Waals surface area (Å²) in [5.74, 6) is -0.210. The van der Waals surface area contributed by atoms with Crippen molar-refractivity contribution in [2.75, 3.05) is 28.2 Å². The van der Waals surface area contributed by atoms with Crippen molar-refractivity contribution in [1.82, 2.24) is 4.90 Å². The third-order valence-electron chi connectivity index (χ3n) is 2.15. The van der Waals surface area contributed by atoms with Crippen LogP contribution in [-0.2, 0) is 0 Å². The zero-order chi connectivity index (χ0) is 12.1. The van der Waals surface area contributed by atoms with Crippen molar-refractivity contribution in [2.45, 2.75) is 0 Å². The third-order valence-corrected chi connectivity index (χ3v) is 2.15. The first-order valence-electron chi connectivity index (χ1n) is 5.15. The van der Waals surface area contributed by atoms with E-state index in [1.54, 1.807) is 12.1 Å². The van der Waals surface area contributed by atoms with Crippen LogP contribution in [0.15, 0.2) is 30.3 Å². The molecular weight excluding hydrogens is 203 g/mol. The number of nitrogens with zero attached hydrogens (tertiary/aromatic N) is 2. The molecule has 0 aromatic heterocycles. The Morgan fingerprint density at radius 1 is 1.19 bits per heavy atom. The maximum absolute atomic E-state index is 12.8. The maximum atomic E-state index is 12.8. The number of halogens is 1. The highest BCUT2D eigenvalue weighted by Crippen LogP contribution is 2.16. The molecule has 0 heterocycles. The van der Waals surface area contributed by atoms with E-state index in [4.69, 9.17) is 0 Å². The van der Waals surface area contributed by atoms with Crippen molar-refractivity contribution in [1.29, 1.82) is 0 Å². The first-order valence-corrected chi connectivity index (χ1v) is 5.15. The van der Waals surface area contributed by atoms with Crippen molar-refractivity contribution in [3.8, 4) is 0 Å². The second-order valence-electron chi connectivity index (χ2n) is 4.07.